The zero-order valence-electron chi connectivity index (χ0n) is 8.45. The predicted octanol–water partition coefficient (Wildman–Crippen LogP) is 2.81. The summed E-state index contributed by atoms with van der Waals surface area (Å²) in [5, 5.41) is 1.14. The molecule has 2 heteroatoms. The first-order valence-corrected chi connectivity index (χ1v) is 4.76. The Morgan fingerprint density at radius 2 is 2.14 bits per heavy atom. The first-order chi connectivity index (χ1) is 6.83. The average Bonchev–Trinajstić information content (AvgIpc) is 2.27. The molecule has 0 radical (unpaired) electrons. The van der Waals surface area contributed by atoms with Crippen molar-refractivity contribution in [2.24, 2.45) is 0 Å². The molecule has 0 aliphatic rings. The van der Waals surface area contributed by atoms with Gasteiger partial charge in [0, 0.05) is 11.6 Å². The number of aromatic nitrogens is 1. The Labute approximate surface area is 83.5 Å². The van der Waals surface area contributed by atoms with Crippen LogP contribution in [-0.2, 0) is 6.42 Å². The third kappa shape index (κ3) is 1.55. The van der Waals surface area contributed by atoms with Gasteiger partial charge in [-0.05, 0) is 36.2 Å². The van der Waals surface area contributed by atoms with Gasteiger partial charge in [-0.1, -0.05) is 6.92 Å². The summed E-state index contributed by atoms with van der Waals surface area (Å²) in [5.74, 6) is 0.882. The maximum absolute atomic E-state index is 5.17. The molecular formula is C12H13NO. The summed E-state index contributed by atoms with van der Waals surface area (Å²) in [6.45, 7) is 2.13. The minimum atomic E-state index is 0.882. The lowest BCUT2D eigenvalue weighted by molar-refractivity contribution is 0.415. The van der Waals surface area contributed by atoms with Crippen molar-refractivity contribution in [3.8, 4) is 5.75 Å². The minimum Gasteiger partial charge on any atom is -0.497 e. The number of nitrogens with zero attached hydrogens (tertiary/aromatic N) is 1. The Balaban J connectivity index is 2.60. The zero-order chi connectivity index (χ0) is 9.97. The molecule has 0 fully saturated rings. The Morgan fingerprint density at radius 1 is 1.29 bits per heavy atom. The van der Waals surface area contributed by atoms with E-state index in [9.17, 15) is 0 Å². The van der Waals surface area contributed by atoms with Gasteiger partial charge in [0.05, 0.1) is 12.6 Å². The van der Waals surface area contributed by atoms with Crippen LogP contribution in [0.25, 0.3) is 10.9 Å². The van der Waals surface area contributed by atoms with Gasteiger partial charge in [0.2, 0.25) is 0 Å². The molecule has 2 aromatic rings. The number of hydrogen-bond donors (Lipinski definition) is 0. The molecule has 0 N–H and O–H groups in total. The second-order valence-corrected chi connectivity index (χ2v) is 3.26. The van der Waals surface area contributed by atoms with Crippen molar-refractivity contribution in [1.82, 2.24) is 4.98 Å². The predicted molar refractivity (Wildman–Crippen MR) is 57.7 cm³/mol. The summed E-state index contributed by atoms with van der Waals surface area (Å²) in [6, 6.07) is 8.08. The minimum absolute atomic E-state index is 0.882. The highest BCUT2D eigenvalue weighted by molar-refractivity contribution is 5.80. The van der Waals surface area contributed by atoms with E-state index in [0.29, 0.717) is 0 Å². The van der Waals surface area contributed by atoms with Crippen LogP contribution in [0.4, 0.5) is 0 Å². The molecule has 0 aliphatic carbocycles. The summed E-state index contributed by atoms with van der Waals surface area (Å²) < 4.78 is 5.17. The van der Waals surface area contributed by atoms with Crippen molar-refractivity contribution < 1.29 is 4.74 Å². The van der Waals surface area contributed by atoms with Crippen molar-refractivity contribution >= 4 is 10.9 Å². The van der Waals surface area contributed by atoms with Gasteiger partial charge < -0.3 is 4.74 Å². The van der Waals surface area contributed by atoms with Crippen molar-refractivity contribution in [2.45, 2.75) is 13.3 Å². The van der Waals surface area contributed by atoms with Crippen LogP contribution >= 0.6 is 0 Å². The van der Waals surface area contributed by atoms with Crippen molar-refractivity contribution in [3.63, 3.8) is 0 Å². The first-order valence-electron chi connectivity index (χ1n) is 4.76. The van der Waals surface area contributed by atoms with E-state index in [1.54, 1.807) is 7.11 Å². The van der Waals surface area contributed by atoms with E-state index >= 15 is 0 Å². The van der Waals surface area contributed by atoms with E-state index in [4.69, 9.17) is 4.74 Å². The number of pyridine rings is 1. The van der Waals surface area contributed by atoms with Crippen LogP contribution in [0.5, 0.6) is 5.75 Å². The highest BCUT2D eigenvalue weighted by Gasteiger charge is 1.98. The van der Waals surface area contributed by atoms with E-state index in [0.717, 1.165) is 23.1 Å². The maximum atomic E-state index is 5.17. The Kier molecular flexibility index (Phi) is 2.35. The molecule has 72 valence electrons. The number of benzene rings is 1. The van der Waals surface area contributed by atoms with Gasteiger partial charge in [-0.3, -0.25) is 4.98 Å². The van der Waals surface area contributed by atoms with Gasteiger partial charge in [-0.15, -0.1) is 0 Å². The van der Waals surface area contributed by atoms with Gasteiger partial charge in [0.1, 0.15) is 5.75 Å². The third-order valence-electron chi connectivity index (χ3n) is 2.35. The molecule has 14 heavy (non-hydrogen) atoms. The second kappa shape index (κ2) is 3.66. The van der Waals surface area contributed by atoms with Crippen LogP contribution in [-0.4, -0.2) is 12.1 Å². The molecule has 1 aromatic heterocycles. The number of fused-ring (bicyclic) bond motifs is 1. The highest BCUT2D eigenvalue weighted by Crippen LogP contribution is 2.19. The van der Waals surface area contributed by atoms with Gasteiger partial charge >= 0.3 is 0 Å². The van der Waals surface area contributed by atoms with E-state index in [2.05, 4.69) is 18.0 Å². The fourth-order valence-electron chi connectivity index (χ4n) is 1.48. The van der Waals surface area contributed by atoms with Gasteiger partial charge in [0.15, 0.2) is 0 Å². The number of aryl methyl sites for hydroxylation is 1. The van der Waals surface area contributed by atoms with E-state index < -0.39 is 0 Å². The first kappa shape index (κ1) is 9.00. The van der Waals surface area contributed by atoms with E-state index in [1.807, 2.05) is 24.4 Å². The van der Waals surface area contributed by atoms with Gasteiger partial charge in [0.25, 0.3) is 0 Å². The molecule has 0 aliphatic heterocycles. The molecule has 1 heterocycles. The summed E-state index contributed by atoms with van der Waals surface area (Å²) in [5.41, 5.74) is 2.27. The maximum Gasteiger partial charge on any atom is 0.119 e. The highest BCUT2D eigenvalue weighted by atomic mass is 16.5. The number of hydrogen-bond acceptors (Lipinski definition) is 2. The number of rotatable bonds is 2. The van der Waals surface area contributed by atoms with Crippen LogP contribution in [0.15, 0.2) is 30.5 Å². The fraction of sp³-hybridized carbons (Fsp3) is 0.250. The van der Waals surface area contributed by atoms with Crippen molar-refractivity contribution in [3.05, 3.63) is 36.0 Å². The Hall–Kier alpha value is -1.57. The van der Waals surface area contributed by atoms with Crippen molar-refractivity contribution in [2.75, 3.05) is 7.11 Å². The molecule has 0 bridgehead atoms. The third-order valence-corrected chi connectivity index (χ3v) is 2.35. The van der Waals surface area contributed by atoms with Crippen LogP contribution in [0, 0.1) is 0 Å². The summed E-state index contributed by atoms with van der Waals surface area (Å²) in [7, 11) is 1.68. The number of methoxy groups -OCH3 is 1. The van der Waals surface area contributed by atoms with E-state index in [-0.39, 0.29) is 0 Å². The number of ether oxygens (including phenoxy) is 1. The van der Waals surface area contributed by atoms with Crippen LogP contribution in [0.1, 0.15) is 12.5 Å². The monoisotopic (exact) mass is 187 g/mol. The van der Waals surface area contributed by atoms with Crippen LogP contribution in [0.3, 0.4) is 0 Å². The molecule has 0 unspecified atom stereocenters. The lowest BCUT2D eigenvalue weighted by atomic mass is 10.1. The van der Waals surface area contributed by atoms with Gasteiger partial charge in [-0.2, -0.15) is 0 Å². The summed E-state index contributed by atoms with van der Waals surface area (Å²) in [6.07, 6.45) is 2.94. The lowest BCUT2D eigenvalue weighted by Crippen LogP contribution is -1.86. The normalized spacial score (nSPS) is 10.4. The zero-order valence-corrected chi connectivity index (χ0v) is 8.45. The summed E-state index contributed by atoms with van der Waals surface area (Å²) >= 11 is 0. The smallest absolute Gasteiger partial charge is 0.119 e. The molecule has 1 aromatic carbocycles. The Morgan fingerprint density at radius 3 is 2.86 bits per heavy atom. The largest absolute Gasteiger partial charge is 0.497 e. The van der Waals surface area contributed by atoms with Crippen molar-refractivity contribution in [1.29, 1.82) is 0 Å². The fourth-order valence-corrected chi connectivity index (χ4v) is 1.48. The molecule has 0 saturated carbocycles. The standard InChI is InChI=1S/C12H13NO/c1-3-9-6-10-7-11(14-2)4-5-12(10)13-8-9/h4-8H,3H2,1-2H3. The quantitative estimate of drug-likeness (QED) is 0.721. The molecule has 2 rings (SSSR count). The second-order valence-electron chi connectivity index (χ2n) is 3.26. The Bertz CT molecular complexity index is 412. The topological polar surface area (TPSA) is 22.1 Å². The molecule has 2 nitrogen and oxygen atoms in total. The van der Waals surface area contributed by atoms with Gasteiger partial charge in [-0.25, -0.2) is 0 Å². The molecular weight excluding hydrogens is 174 g/mol. The van der Waals surface area contributed by atoms with Crippen LogP contribution < -0.4 is 4.74 Å². The molecule has 0 amide bonds. The lowest BCUT2D eigenvalue weighted by Gasteiger charge is -2.03. The van der Waals surface area contributed by atoms with Crippen LogP contribution in [0.2, 0.25) is 0 Å². The average molecular weight is 187 g/mol. The summed E-state index contributed by atoms with van der Waals surface area (Å²) in [4.78, 5) is 4.37. The molecule has 0 atom stereocenters. The molecule has 0 spiro atoms. The SMILES string of the molecule is CCc1cnc2ccc(OC)cc2c1. The van der Waals surface area contributed by atoms with E-state index in [1.165, 1.54) is 5.56 Å². The molecule has 0 saturated heterocycles.